The van der Waals surface area contributed by atoms with Gasteiger partial charge < -0.3 is 14.5 Å². The van der Waals surface area contributed by atoms with Gasteiger partial charge in [0.05, 0.1) is 28.5 Å². The Balaban J connectivity index is 1.65. The van der Waals surface area contributed by atoms with Crippen LogP contribution in [0.1, 0.15) is 19.2 Å². The van der Waals surface area contributed by atoms with Crippen molar-refractivity contribution in [2.75, 3.05) is 11.9 Å². The van der Waals surface area contributed by atoms with E-state index in [0.717, 1.165) is 0 Å². The first-order chi connectivity index (χ1) is 13.5. The number of hydrogen-bond donors (Lipinski definition) is 1. The standard InChI is InChI=1S/C20H17BrClFN2O3/c1-2-27-20-14(21)9-12(22)10-16(20)25-18(26)7-8-19-24-11-17(28-19)13-5-3-4-6-15(13)23/h3-6,9-11H,2,7-8H2,1H3,(H,25,26). The van der Waals surface area contributed by atoms with Crippen LogP contribution in [0, 0.1) is 5.82 Å². The summed E-state index contributed by atoms with van der Waals surface area (Å²) in [5, 5.41) is 3.25. The summed E-state index contributed by atoms with van der Waals surface area (Å²) in [4.78, 5) is 16.5. The fourth-order valence-corrected chi connectivity index (χ4v) is 3.51. The third kappa shape index (κ3) is 4.91. The SMILES string of the molecule is CCOc1c(Br)cc(Cl)cc1NC(=O)CCc1ncc(-c2ccccc2F)o1. The zero-order valence-corrected chi connectivity index (χ0v) is 17.3. The highest BCUT2D eigenvalue weighted by Crippen LogP contribution is 2.36. The van der Waals surface area contributed by atoms with E-state index < -0.39 is 5.82 Å². The van der Waals surface area contributed by atoms with E-state index >= 15 is 0 Å². The summed E-state index contributed by atoms with van der Waals surface area (Å²) in [6.07, 6.45) is 1.85. The highest BCUT2D eigenvalue weighted by Gasteiger charge is 2.15. The maximum absolute atomic E-state index is 13.8. The molecule has 3 rings (SSSR count). The lowest BCUT2D eigenvalue weighted by Gasteiger charge is -2.13. The van der Waals surface area contributed by atoms with Gasteiger partial charge in [-0.2, -0.15) is 0 Å². The molecular formula is C20H17BrClFN2O3. The molecule has 0 fully saturated rings. The Labute approximate surface area is 175 Å². The number of hydrogen-bond acceptors (Lipinski definition) is 4. The summed E-state index contributed by atoms with van der Waals surface area (Å²) in [7, 11) is 0. The Hall–Kier alpha value is -2.38. The Morgan fingerprint density at radius 2 is 2.14 bits per heavy atom. The smallest absolute Gasteiger partial charge is 0.224 e. The molecule has 0 aliphatic heterocycles. The van der Waals surface area contributed by atoms with Crippen LogP contribution in [0.5, 0.6) is 5.75 Å². The molecule has 1 aromatic heterocycles. The van der Waals surface area contributed by atoms with Crippen molar-refractivity contribution in [1.29, 1.82) is 0 Å². The van der Waals surface area contributed by atoms with Crippen LogP contribution < -0.4 is 10.1 Å². The topological polar surface area (TPSA) is 64.4 Å². The number of benzene rings is 2. The van der Waals surface area contributed by atoms with Crippen LogP contribution >= 0.6 is 27.5 Å². The number of amides is 1. The largest absolute Gasteiger partial charge is 0.491 e. The number of anilines is 1. The number of aryl methyl sites for hydroxylation is 1. The molecule has 1 heterocycles. The van der Waals surface area contributed by atoms with Gasteiger partial charge in [0, 0.05) is 17.9 Å². The third-order valence-corrected chi connectivity index (χ3v) is 4.64. The first-order valence-electron chi connectivity index (χ1n) is 8.59. The van der Waals surface area contributed by atoms with Crippen molar-refractivity contribution in [3.63, 3.8) is 0 Å². The van der Waals surface area contributed by atoms with Crippen molar-refractivity contribution in [3.05, 3.63) is 63.8 Å². The second-order valence-corrected chi connectivity index (χ2v) is 7.13. The zero-order valence-electron chi connectivity index (χ0n) is 15.0. The number of oxazole rings is 1. The van der Waals surface area contributed by atoms with E-state index in [0.29, 0.717) is 44.8 Å². The monoisotopic (exact) mass is 466 g/mol. The Morgan fingerprint density at radius 3 is 2.89 bits per heavy atom. The zero-order chi connectivity index (χ0) is 20.1. The van der Waals surface area contributed by atoms with Crippen molar-refractivity contribution in [1.82, 2.24) is 4.98 Å². The lowest BCUT2D eigenvalue weighted by Crippen LogP contribution is -2.13. The van der Waals surface area contributed by atoms with Gasteiger partial charge >= 0.3 is 0 Å². The highest BCUT2D eigenvalue weighted by molar-refractivity contribution is 9.10. The predicted octanol–water partition coefficient (Wildman–Crippen LogP) is 5.87. The van der Waals surface area contributed by atoms with E-state index in [4.69, 9.17) is 20.8 Å². The van der Waals surface area contributed by atoms with E-state index in [1.54, 1.807) is 30.3 Å². The molecule has 8 heteroatoms. The number of carbonyl (C=O) groups excluding carboxylic acids is 1. The number of aromatic nitrogens is 1. The number of ether oxygens (including phenoxy) is 1. The van der Waals surface area contributed by atoms with Crippen molar-refractivity contribution < 1.29 is 18.3 Å². The first kappa shape index (κ1) is 20.4. The van der Waals surface area contributed by atoms with Gasteiger partial charge in [-0.15, -0.1) is 0 Å². The second-order valence-electron chi connectivity index (χ2n) is 5.84. The molecule has 0 aliphatic carbocycles. The number of rotatable bonds is 7. The van der Waals surface area contributed by atoms with Gasteiger partial charge in [0.1, 0.15) is 5.82 Å². The molecule has 0 atom stereocenters. The van der Waals surface area contributed by atoms with Crippen LogP contribution in [-0.2, 0) is 11.2 Å². The van der Waals surface area contributed by atoms with Crippen molar-refractivity contribution in [2.24, 2.45) is 0 Å². The molecule has 0 saturated heterocycles. The molecule has 2 aromatic carbocycles. The normalized spacial score (nSPS) is 10.7. The van der Waals surface area contributed by atoms with Crippen LogP contribution in [0.2, 0.25) is 5.02 Å². The maximum atomic E-state index is 13.8. The fourth-order valence-electron chi connectivity index (χ4n) is 2.59. The van der Waals surface area contributed by atoms with Crippen molar-refractivity contribution in [2.45, 2.75) is 19.8 Å². The number of halogens is 3. The van der Waals surface area contributed by atoms with Gasteiger partial charge in [-0.05, 0) is 47.1 Å². The van der Waals surface area contributed by atoms with Gasteiger partial charge in [-0.1, -0.05) is 23.7 Å². The number of nitrogens with zero attached hydrogens (tertiary/aromatic N) is 1. The van der Waals surface area contributed by atoms with E-state index in [9.17, 15) is 9.18 Å². The van der Waals surface area contributed by atoms with Crippen molar-refractivity contribution in [3.8, 4) is 17.1 Å². The summed E-state index contributed by atoms with van der Waals surface area (Å²) in [6.45, 7) is 2.29. The highest BCUT2D eigenvalue weighted by atomic mass is 79.9. The third-order valence-electron chi connectivity index (χ3n) is 3.83. The lowest BCUT2D eigenvalue weighted by atomic mass is 10.2. The maximum Gasteiger partial charge on any atom is 0.224 e. The lowest BCUT2D eigenvalue weighted by molar-refractivity contribution is -0.116. The molecule has 1 amide bonds. The minimum Gasteiger partial charge on any atom is -0.491 e. The Kier molecular flexibility index (Phi) is 6.70. The molecule has 3 aromatic rings. The molecule has 5 nitrogen and oxygen atoms in total. The minimum absolute atomic E-state index is 0.132. The summed E-state index contributed by atoms with van der Waals surface area (Å²) < 4.78 is 25.6. The average Bonchev–Trinajstić information content (AvgIpc) is 3.12. The summed E-state index contributed by atoms with van der Waals surface area (Å²) in [5.41, 5.74) is 0.807. The molecule has 146 valence electrons. The summed E-state index contributed by atoms with van der Waals surface area (Å²) in [6, 6.07) is 9.59. The number of carbonyl (C=O) groups is 1. The summed E-state index contributed by atoms with van der Waals surface area (Å²) >= 11 is 9.44. The van der Waals surface area contributed by atoms with E-state index in [2.05, 4.69) is 26.2 Å². The van der Waals surface area contributed by atoms with Gasteiger partial charge in [-0.3, -0.25) is 4.79 Å². The van der Waals surface area contributed by atoms with Crippen molar-refractivity contribution >= 4 is 39.1 Å². The molecule has 0 spiro atoms. The van der Waals surface area contributed by atoms with Crippen LogP contribution in [0.4, 0.5) is 10.1 Å². The van der Waals surface area contributed by atoms with Crippen LogP contribution in [-0.4, -0.2) is 17.5 Å². The molecule has 0 bridgehead atoms. The minimum atomic E-state index is -0.391. The molecule has 0 aliphatic rings. The van der Waals surface area contributed by atoms with Gasteiger partial charge in [0.15, 0.2) is 17.4 Å². The fraction of sp³-hybridized carbons (Fsp3) is 0.200. The van der Waals surface area contributed by atoms with Crippen LogP contribution in [0.15, 0.2) is 51.5 Å². The molecule has 28 heavy (non-hydrogen) atoms. The van der Waals surface area contributed by atoms with Crippen LogP contribution in [0.25, 0.3) is 11.3 Å². The molecule has 0 unspecified atom stereocenters. The van der Waals surface area contributed by atoms with Gasteiger partial charge in [0.25, 0.3) is 0 Å². The molecule has 0 saturated carbocycles. The molecule has 0 radical (unpaired) electrons. The van der Waals surface area contributed by atoms with E-state index in [1.807, 2.05) is 6.92 Å². The number of nitrogens with one attached hydrogen (secondary N) is 1. The summed E-state index contributed by atoms with van der Waals surface area (Å²) in [5.74, 6) is 0.550. The van der Waals surface area contributed by atoms with Gasteiger partial charge in [0.2, 0.25) is 5.91 Å². The Bertz CT molecular complexity index is 993. The Morgan fingerprint density at radius 1 is 1.36 bits per heavy atom. The quantitative estimate of drug-likeness (QED) is 0.472. The second kappa shape index (κ2) is 9.21. The van der Waals surface area contributed by atoms with Crippen LogP contribution in [0.3, 0.4) is 0 Å². The van der Waals surface area contributed by atoms with Gasteiger partial charge in [-0.25, -0.2) is 9.37 Å². The molecular weight excluding hydrogens is 451 g/mol. The van der Waals surface area contributed by atoms with E-state index in [-0.39, 0.29) is 18.7 Å². The average molecular weight is 468 g/mol. The van der Waals surface area contributed by atoms with E-state index in [1.165, 1.54) is 12.3 Å². The predicted molar refractivity (Wildman–Crippen MR) is 109 cm³/mol. The first-order valence-corrected chi connectivity index (χ1v) is 9.76. The molecule has 1 N–H and O–H groups in total.